The van der Waals surface area contributed by atoms with Crippen molar-refractivity contribution in [3.8, 4) is 5.75 Å². The van der Waals surface area contributed by atoms with Crippen LogP contribution in [-0.2, 0) is 6.54 Å². The minimum atomic E-state index is -0.559. The number of carbonyl (C=O) groups is 1. The number of hydrogen-bond donors (Lipinski definition) is 1. The molecule has 0 aliphatic carbocycles. The minimum absolute atomic E-state index is 0.277. The van der Waals surface area contributed by atoms with E-state index in [1.165, 1.54) is 6.07 Å². The van der Waals surface area contributed by atoms with Gasteiger partial charge >= 0.3 is 5.91 Å². The van der Waals surface area contributed by atoms with Crippen LogP contribution in [0, 0.1) is 6.92 Å². The highest BCUT2D eigenvalue weighted by atomic mass is 16.5. The first kappa shape index (κ1) is 13.1. The summed E-state index contributed by atoms with van der Waals surface area (Å²) in [6.45, 7) is 1.71. The molecule has 2 aromatic rings. The van der Waals surface area contributed by atoms with Crippen LogP contribution < -0.4 is 16.0 Å². The highest BCUT2D eigenvalue weighted by Gasteiger charge is 2.12. The molecule has 2 rings (SSSR count). The van der Waals surface area contributed by atoms with Gasteiger partial charge in [0.2, 0.25) is 0 Å². The molecule has 100 valence electrons. The van der Waals surface area contributed by atoms with Crippen molar-refractivity contribution in [3.63, 3.8) is 0 Å². The van der Waals surface area contributed by atoms with Gasteiger partial charge in [-0.2, -0.15) is 0 Å². The molecule has 2 N–H and O–H groups in total. The lowest BCUT2D eigenvalue weighted by molar-refractivity contribution is 0.0703. The average molecular weight is 262 g/mol. The molecule has 1 aromatic heterocycles. The average Bonchev–Trinajstić information content (AvgIpc) is 2.75. The first-order chi connectivity index (χ1) is 9.10. The fourth-order valence-corrected chi connectivity index (χ4v) is 1.59. The molecule has 0 saturated heterocycles. The summed E-state index contributed by atoms with van der Waals surface area (Å²) in [6, 6.07) is 8.33. The third-order valence-corrected chi connectivity index (χ3v) is 2.49. The van der Waals surface area contributed by atoms with Gasteiger partial charge in [-0.1, -0.05) is 16.9 Å². The molecule has 0 atom stereocenters. The maximum Gasteiger partial charge on any atom is 0.300 e. The molecular formula is C13H14N2O4. The lowest BCUT2D eigenvalue weighted by atomic mass is 10.2. The third kappa shape index (κ3) is 3.11. The summed E-state index contributed by atoms with van der Waals surface area (Å²) >= 11 is 0. The highest BCUT2D eigenvalue weighted by Crippen LogP contribution is 2.12. The lowest BCUT2D eigenvalue weighted by Crippen LogP contribution is -2.26. The topological polar surface area (TPSA) is 87.5 Å². The second-order valence-corrected chi connectivity index (χ2v) is 4.01. The summed E-state index contributed by atoms with van der Waals surface area (Å²) in [5, 5.41) is 0. The van der Waals surface area contributed by atoms with Crippen LogP contribution in [-0.4, -0.2) is 17.3 Å². The number of hydrogen-bond acceptors (Lipinski definition) is 5. The normalized spacial score (nSPS) is 10.4. The van der Waals surface area contributed by atoms with Crippen molar-refractivity contribution in [3.05, 3.63) is 52.0 Å². The van der Waals surface area contributed by atoms with E-state index in [9.17, 15) is 9.59 Å². The van der Waals surface area contributed by atoms with Gasteiger partial charge in [0.25, 0.3) is 5.56 Å². The number of nitrogens with zero attached hydrogens (tertiary/aromatic N) is 1. The number of carbonyl (C=O) groups excluding carboxylic acids is 1. The van der Waals surface area contributed by atoms with Crippen LogP contribution in [0.15, 0.2) is 39.6 Å². The molecule has 1 heterocycles. The second-order valence-electron chi connectivity index (χ2n) is 4.01. The molecule has 0 aliphatic heterocycles. The third-order valence-electron chi connectivity index (χ3n) is 2.49. The first-order valence-corrected chi connectivity index (χ1v) is 5.75. The zero-order valence-corrected chi connectivity index (χ0v) is 10.5. The molecule has 19 heavy (non-hydrogen) atoms. The van der Waals surface area contributed by atoms with Gasteiger partial charge in [0.1, 0.15) is 11.5 Å². The van der Waals surface area contributed by atoms with Crippen LogP contribution >= 0.6 is 0 Å². The van der Waals surface area contributed by atoms with Crippen LogP contribution in [0.25, 0.3) is 0 Å². The van der Waals surface area contributed by atoms with Gasteiger partial charge in [0.05, 0.1) is 0 Å². The Kier molecular flexibility index (Phi) is 3.82. The van der Waals surface area contributed by atoms with Crippen molar-refractivity contribution in [2.75, 3.05) is 6.61 Å². The Bertz CT molecular complexity index is 642. The molecule has 0 saturated carbocycles. The van der Waals surface area contributed by atoms with Gasteiger partial charge in [-0.3, -0.25) is 9.59 Å². The molecule has 0 amide bonds. The second kappa shape index (κ2) is 5.53. The summed E-state index contributed by atoms with van der Waals surface area (Å²) in [6.07, 6.45) is 0. The molecule has 1 aromatic carbocycles. The van der Waals surface area contributed by atoms with Crippen molar-refractivity contribution < 1.29 is 14.1 Å². The number of rotatable bonds is 4. The molecule has 0 bridgehead atoms. The Hall–Kier alpha value is -2.34. The van der Waals surface area contributed by atoms with Crippen molar-refractivity contribution in [1.82, 2.24) is 4.74 Å². The summed E-state index contributed by atoms with van der Waals surface area (Å²) in [5.74, 6) is 0.340. The van der Waals surface area contributed by atoms with Crippen LogP contribution in [0.5, 0.6) is 5.75 Å². The Morgan fingerprint density at radius 3 is 2.84 bits per heavy atom. The van der Waals surface area contributed by atoms with Crippen molar-refractivity contribution in [1.29, 1.82) is 0 Å². The summed E-state index contributed by atoms with van der Waals surface area (Å²) in [4.78, 5) is 23.1. The van der Waals surface area contributed by atoms with Crippen molar-refractivity contribution in [2.24, 2.45) is 5.73 Å². The summed E-state index contributed by atoms with van der Waals surface area (Å²) in [7, 11) is 0. The van der Waals surface area contributed by atoms with E-state index in [1.807, 2.05) is 6.07 Å². The Labute approximate surface area is 109 Å². The number of benzene rings is 1. The van der Waals surface area contributed by atoms with Crippen LogP contribution in [0.3, 0.4) is 0 Å². The fraction of sp³-hybridized carbons (Fsp3) is 0.231. The molecule has 0 radical (unpaired) electrons. The molecule has 6 nitrogen and oxygen atoms in total. The van der Waals surface area contributed by atoms with Crippen molar-refractivity contribution >= 4 is 5.91 Å². The predicted octanol–water partition coefficient (Wildman–Crippen LogP) is 0.928. The number of ether oxygens (including phenoxy) is 1. The molecule has 0 aliphatic rings. The fourth-order valence-electron chi connectivity index (χ4n) is 1.59. The maximum absolute atomic E-state index is 11.7. The smallest absolute Gasteiger partial charge is 0.300 e. The zero-order valence-electron chi connectivity index (χ0n) is 10.5. The molecule has 0 fully saturated rings. The SMILES string of the molecule is Cc1cc(=O)n(C(=O)COc2cccc(CN)c2)o1. The minimum Gasteiger partial charge on any atom is -0.484 e. The molecule has 0 unspecified atom stereocenters. The largest absolute Gasteiger partial charge is 0.484 e. The van der Waals surface area contributed by atoms with Crippen LogP contribution in [0.1, 0.15) is 16.1 Å². The van der Waals surface area contributed by atoms with Gasteiger partial charge in [-0.25, -0.2) is 0 Å². The first-order valence-electron chi connectivity index (χ1n) is 5.75. The van der Waals surface area contributed by atoms with Gasteiger partial charge < -0.3 is 15.0 Å². The zero-order chi connectivity index (χ0) is 13.8. The maximum atomic E-state index is 11.7. The van der Waals surface area contributed by atoms with Crippen molar-refractivity contribution in [2.45, 2.75) is 13.5 Å². The summed E-state index contributed by atoms with van der Waals surface area (Å²) < 4.78 is 11.0. The molecule has 6 heteroatoms. The van der Waals surface area contributed by atoms with Crippen LogP contribution in [0.4, 0.5) is 0 Å². The Morgan fingerprint density at radius 2 is 2.21 bits per heavy atom. The van der Waals surface area contributed by atoms with E-state index in [1.54, 1.807) is 25.1 Å². The van der Waals surface area contributed by atoms with Gasteiger partial charge in [0.15, 0.2) is 6.61 Å². The van der Waals surface area contributed by atoms with E-state index < -0.39 is 11.5 Å². The van der Waals surface area contributed by atoms with Gasteiger partial charge in [-0.15, -0.1) is 0 Å². The highest BCUT2D eigenvalue weighted by molar-refractivity contribution is 5.78. The molecule has 0 spiro atoms. The van der Waals surface area contributed by atoms with E-state index in [4.69, 9.17) is 15.0 Å². The number of nitrogens with two attached hydrogens (primary N) is 1. The van der Waals surface area contributed by atoms with E-state index >= 15 is 0 Å². The van der Waals surface area contributed by atoms with E-state index in [2.05, 4.69) is 0 Å². The molecular weight excluding hydrogens is 248 g/mol. The van der Waals surface area contributed by atoms with E-state index in [-0.39, 0.29) is 6.61 Å². The van der Waals surface area contributed by atoms with E-state index in [0.29, 0.717) is 22.8 Å². The predicted molar refractivity (Wildman–Crippen MR) is 68.2 cm³/mol. The van der Waals surface area contributed by atoms with E-state index in [0.717, 1.165) is 5.56 Å². The van der Waals surface area contributed by atoms with Gasteiger partial charge in [0, 0.05) is 12.6 Å². The Balaban J connectivity index is 2.04. The Morgan fingerprint density at radius 1 is 1.42 bits per heavy atom. The monoisotopic (exact) mass is 262 g/mol. The van der Waals surface area contributed by atoms with Gasteiger partial charge in [-0.05, 0) is 24.6 Å². The summed E-state index contributed by atoms with van der Waals surface area (Å²) in [5.41, 5.74) is 5.91. The lowest BCUT2D eigenvalue weighted by Gasteiger charge is -2.06. The standard InChI is InChI=1S/C13H14N2O4/c1-9-5-12(16)15(19-9)13(17)8-18-11-4-2-3-10(6-11)7-14/h2-6H,7-8,14H2,1H3. The quantitative estimate of drug-likeness (QED) is 0.885. The van der Waals surface area contributed by atoms with Crippen LogP contribution in [0.2, 0.25) is 0 Å². The number of aryl methyl sites for hydroxylation is 1. The number of aromatic nitrogens is 1.